The molecule has 0 bridgehead atoms. The van der Waals surface area contributed by atoms with Crippen LogP contribution in [0.4, 0.5) is 4.39 Å². The van der Waals surface area contributed by atoms with E-state index in [4.69, 9.17) is 4.74 Å². The van der Waals surface area contributed by atoms with Gasteiger partial charge in [-0.2, -0.15) is 0 Å². The Morgan fingerprint density at radius 1 is 1.10 bits per heavy atom. The lowest BCUT2D eigenvalue weighted by Crippen LogP contribution is -2.61. The van der Waals surface area contributed by atoms with E-state index in [2.05, 4.69) is 0 Å². The van der Waals surface area contributed by atoms with Crippen LogP contribution in [0.5, 0.6) is 0 Å². The summed E-state index contributed by atoms with van der Waals surface area (Å²) in [6.45, 7) is 1.31. The smallest absolute Gasteiger partial charge is 0.146 e. The molecule has 4 N–H and O–H groups in total. The highest BCUT2D eigenvalue weighted by atomic mass is 32.1. The maximum absolute atomic E-state index is 13.2. The van der Waals surface area contributed by atoms with Crippen LogP contribution < -0.4 is 0 Å². The third-order valence-electron chi connectivity index (χ3n) is 5.91. The van der Waals surface area contributed by atoms with Gasteiger partial charge in [0, 0.05) is 16.2 Å². The third-order valence-corrected chi connectivity index (χ3v) is 7.04. The number of aliphatic hydroxyl groups excluding tert-OH is 3. The maximum Gasteiger partial charge on any atom is 0.146 e. The molecule has 1 fully saturated rings. The van der Waals surface area contributed by atoms with Gasteiger partial charge in [-0.1, -0.05) is 30.3 Å². The lowest BCUT2D eigenvalue weighted by Gasteiger charge is -2.45. The Morgan fingerprint density at radius 2 is 1.84 bits per heavy atom. The summed E-state index contributed by atoms with van der Waals surface area (Å²) in [5.41, 5.74) is 1.36. The number of rotatable bonds is 5. The SMILES string of the molecule is Cc1ccc([C@@]2(O)[C@H](O)[C@@H](O)CO[C@@H]2CO)cc1Cc1ccc(-c2ccc(F)cc2)s1. The molecule has 164 valence electrons. The Labute approximate surface area is 184 Å². The Bertz CT molecular complexity index is 1050. The molecule has 0 spiro atoms. The van der Waals surface area contributed by atoms with Gasteiger partial charge in [0.25, 0.3) is 0 Å². The van der Waals surface area contributed by atoms with Crippen molar-refractivity contribution in [3.8, 4) is 10.4 Å². The first-order valence-corrected chi connectivity index (χ1v) is 10.9. The molecule has 5 nitrogen and oxygen atoms in total. The fourth-order valence-electron chi connectivity index (χ4n) is 4.01. The zero-order valence-corrected chi connectivity index (χ0v) is 17.8. The Hall–Kier alpha value is -2.13. The average molecular weight is 445 g/mol. The van der Waals surface area contributed by atoms with Gasteiger partial charge < -0.3 is 25.2 Å². The predicted octanol–water partition coefficient (Wildman–Crippen LogP) is 2.75. The molecule has 1 saturated heterocycles. The molecule has 0 radical (unpaired) electrons. The number of benzene rings is 2. The molecule has 31 heavy (non-hydrogen) atoms. The van der Waals surface area contributed by atoms with Gasteiger partial charge in [0.1, 0.15) is 29.7 Å². The standard InChI is InChI=1S/C24H25FO5S/c1-14-2-5-17(24(29)22(12-26)30-13-20(27)23(24)28)10-16(14)11-19-8-9-21(31-19)15-3-6-18(25)7-4-15/h2-10,20,22-23,26-29H,11-13H2,1H3/t20-,22+,23+,24-/m0/s1. The molecular weight excluding hydrogens is 419 g/mol. The highest BCUT2D eigenvalue weighted by Crippen LogP contribution is 2.37. The van der Waals surface area contributed by atoms with E-state index in [9.17, 15) is 24.8 Å². The molecule has 0 aliphatic carbocycles. The van der Waals surface area contributed by atoms with Crippen molar-refractivity contribution in [2.75, 3.05) is 13.2 Å². The average Bonchev–Trinajstić information content (AvgIpc) is 3.23. The first-order valence-electron chi connectivity index (χ1n) is 10.1. The molecule has 0 saturated carbocycles. The first-order chi connectivity index (χ1) is 14.8. The van der Waals surface area contributed by atoms with Gasteiger partial charge in [-0.3, -0.25) is 0 Å². The summed E-state index contributed by atoms with van der Waals surface area (Å²) in [7, 11) is 0. The number of ether oxygens (including phenoxy) is 1. The lowest BCUT2D eigenvalue weighted by atomic mass is 9.78. The normalized spacial score (nSPS) is 26.2. The van der Waals surface area contributed by atoms with Crippen LogP contribution in [0.15, 0.2) is 54.6 Å². The fourth-order valence-corrected chi connectivity index (χ4v) is 5.04. The molecule has 4 rings (SSSR count). The molecule has 2 heterocycles. The van der Waals surface area contributed by atoms with Crippen molar-refractivity contribution in [1.29, 1.82) is 0 Å². The van der Waals surface area contributed by atoms with Gasteiger partial charge in [0.15, 0.2) is 0 Å². The van der Waals surface area contributed by atoms with Crippen molar-refractivity contribution in [1.82, 2.24) is 0 Å². The Kier molecular flexibility index (Phi) is 6.25. The minimum absolute atomic E-state index is 0.158. The van der Waals surface area contributed by atoms with Crippen LogP contribution in [0.2, 0.25) is 0 Å². The van der Waals surface area contributed by atoms with E-state index in [0.29, 0.717) is 12.0 Å². The van der Waals surface area contributed by atoms with E-state index >= 15 is 0 Å². The van der Waals surface area contributed by atoms with Crippen LogP contribution in [-0.4, -0.2) is 52.0 Å². The summed E-state index contributed by atoms with van der Waals surface area (Å²) < 4.78 is 18.6. The second-order valence-electron chi connectivity index (χ2n) is 7.93. The molecule has 0 amide bonds. The second kappa shape index (κ2) is 8.78. The van der Waals surface area contributed by atoms with Crippen molar-refractivity contribution in [2.24, 2.45) is 0 Å². The van der Waals surface area contributed by atoms with E-state index in [1.807, 2.05) is 25.1 Å². The van der Waals surface area contributed by atoms with E-state index in [1.165, 1.54) is 12.1 Å². The van der Waals surface area contributed by atoms with Crippen molar-refractivity contribution in [3.63, 3.8) is 0 Å². The van der Waals surface area contributed by atoms with Gasteiger partial charge in [-0.05, 0) is 53.4 Å². The van der Waals surface area contributed by atoms with Gasteiger partial charge in [-0.15, -0.1) is 11.3 Å². The molecule has 7 heteroatoms. The quantitative estimate of drug-likeness (QED) is 0.486. The number of aliphatic hydroxyl groups is 4. The van der Waals surface area contributed by atoms with Gasteiger partial charge in [0.05, 0.1) is 13.2 Å². The summed E-state index contributed by atoms with van der Waals surface area (Å²) in [5.74, 6) is -0.272. The van der Waals surface area contributed by atoms with Gasteiger partial charge in [0.2, 0.25) is 0 Å². The topological polar surface area (TPSA) is 90.2 Å². The van der Waals surface area contributed by atoms with Gasteiger partial charge >= 0.3 is 0 Å². The van der Waals surface area contributed by atoms with Crippen LogP contribution in [0.25, 0.3) is 10.4 Å². The van der Waals surface area contributed by atoms with E-state index in [0.717, 1.165) is 26.4 Å². The molecule has 4 atom stereocenters. The van der Waals surface area contributed by atoms with E-state index < -0.39 is 30.5 Å². The minimum atomic E-state index is -1.93. The summed E-state index contributed by atoms with van der Waals surface area (Å²) in [6, 6.07) is 15.7. The predicted molar refractivity (Wildman–Crippen MR) is 116 cm³/mol. The number of aryl methyl sites for hydroxylation is 1. The van der Waals surface area contributed by atoms with Crippen LogP contribution in [0.1, 0.15) is 21.6 Å². The molecule has 1 aliphatic rings. The fraction of sp³-hybridized carbons (Fsp3) is 0.333. The minimum Gasteiger partial charge on any atom is -0.394 e. The molecule has 1 aromatic heterocycles. The third kappa shape index (κ3) is 4.17. The van der Waals surface area contributed by atoms with Crippen molar-refractivity contribution in [2.45, 2.75) is 37.3 Å². The van der Waals surface area contributed by atoms with Crippen LogP contribution in [0.3, 0.4) is 0 Å². The number of thiophene rings is 1. The summed E-state index contributed by atoms with van der Waals surface area (Å²) in [4.78, 5) is 2.12. The Morgan fingerprint density at radius 3 is 2.55 bits per heavy atom. The maximum atomic E-state index is 13.2. The lowest BCUT2D eigenvalue weighted by molar-refractivity contribution is -0.255. The summed E-state index contributed by atoms with van der Waals surface area (Å²) >= 11 is 1.60. The zero-order chi connectivity index (χ0) is 22.2. The zero-order valence-electron chi connectivity index (χ0n) is 17.0. The molecule has 2 aromatic carbocycles. The number of hydrogen-bond donors (Lipinski definition) is 4. The van der Waals surface area contributed by atoms with E-state index in [1.54, 1.807) is 35.6 Å². The Balaban J connectivity index is 1.63. The van der Waals surface area contributed by atoms with Crippen molar-refractivity contribution < 1.29 is 29.6 Å². The number of halogens is 1. The van der Waals surface area contributed by atoms with Crippen molar-refractivity contribution >= 4 is 11.3 Å². The van der Waals surface area contributed by atoms with Crippen molar-refractivity contribution in [3.05, 3.63) is 82.0 Å². The molecule has 0 unspecified atom stereocenters. The highest BCUT2D eigenvalue weighted by Gasteiger charge is 2.52. The highest BCUT2D eigenvalue weighted by molar-refractivity contribution is 7.15. The molecule has 3 aromatic rings. The van der Waals surface area contributed by atoms with Crippen LogP contribution in [-0.2, 0) is 16.8 Å². The molecule has 1 aliphatic heterocycles. The summed E-state index contributed by atoms with van der Waals surface area (Å²) in [5, 5.41) is 41.5. The van der Waals surface area contributed by atoms with E-state index in [-0.39, 0.29) is 12.4 Å². The number of hydrogen-bond acceptors (Lipinski definition) is 6. The first kappa shape index (κ1) is 22.1. The van der Waals surface area contributed by atoms with Crippen LogP contribution in [0, 0.1) is 12.7 Å². The van der Waals surface area contributed by atoms with Crippen LogP contribution >= 0.6 is 11.3 Å². The molecular formula is C24H25FO5S. The largest absolute Gasteiger partial charge is 0.394 e. The second-order valence-corrected chi connectivity index (χ2v) is 9.10. The van der Waals surface area contributed by atoms with Gasteiger partial charge in [-0.25, -0.2) is 4.39 Å². The monoisotopic (exact) mass is 444 g/mol. The summed E-state index contributed by atoms with van der Waals surface area (Å²) in [6.07, 6.45) is -3.19.